The highest BCUT2D eigenvalue weighted by molar-refractivity contribution is 5.85. The minimum Gasteiger partial charge on any atom is -0.378 e. The Morgan fingerprint density at radius 1 is 1.00 bits per heavy atom. The average Bonchev–Trinajstić information content (AvgIpc) is 3.28. The van der Waals surface area contributed by atoms with Gasteiger partial charge in [-0.2, -0.15) is 4.98 Å². The third kappa shape index (κ3) is 4.42. The molecule has 0 radical (unpaired) electrons. The Morgan fingerprint density at radius 3 is 2.46 bits per heavy atom. The molecule has 0 bridgehead atoms. The molecule has 0 amide bonds. The number of ether oxygens (including phenoxy) is 1. The molecule has 3 aromatic rings. The SMILES string of the molecule is CC(C)(C)c1ccc(NC2CC3(CCN(c4nc5ncnc(N6CCOCC6)c5[nH]4)CC3)C2)nc1. The highest BCUT2D eigenvalue weighted by Gasteiger charge is 2.46. The summed E-state index contributed by atoms with van der Waals surface area (Å²) in [6, 6.07) is 4.85. The summed E-state index contributed by atoms with van der Waals surface area (Å²) in [6.07, 6.45) is 8.46. The molecule has 9 heteroatoms. The van der Waals surface area contributed by atoms with E-state index in [4.69, 9.17) is 9.72 Å². The van der Waals surface area contributed by atoms with Gasteiger partial charge in [0.1, 0.15) is 17.7 Å². The van der Waals surface area contributed by atoms with Gasteiger partial charge in [0.15, 0.2) is 11.5 Å². The van der Waals surface area contributed by atoms with Gasteiger partial charge in [-0.15, -0.1) is 0 Å². The molecule has 5 heterocycles. The molecular weight excluding hydrogens is 440 g/mol. The number of hydrogen-bond donors (Lipinski definition) is 2. The molecule has 186 valence electrons. The van der Waals surface area contributed by atoms with Crippen molar-refractivity contribution in [3.8, 4) is 0 Å². The first kappa shape index (κ1) is 22.5. The maximum atomic E-state index is 5.50. The van der Waals surface area contributed by atoms with Gasteiger partial charge in [-0.1, -0.05) is 26.8 Å². The molecule has 1 spiro atoms. The van der Waals surface area contributed by atoms with Crippen LogP contribution in [0.5, 0.6) is 0 Å². The summed E-state index contributed by atoms with van der Waals surface area (Å²) in [5, 5.41) is 3.65. The lowest BCUT2D eigenvalue weighted by Crippen LogP contribution is -2.51. The number of H-pyrrole nitrogens is 1. The van der Waals surface area contributed by atoms with Gasteiger partial charge in [-0.05, 0) is 48.1 Å². The molecule has 2 N–H and O–H groups in total. The zero-order valence-electron chi connectivity index (χ0n) is 21.0. The maximum Gasteiger partial charge on any atom is 0.205 e. The van der Waals surface area contributed by atoms with E-state index in [1.165, 1.54) is 31.2 Å². The lowest BCUT2D eigenvalue weighted by Gasteiger charge is -2.52. The smallest absolute Gasteiger partial charge is 0.205 e. The minimum absolute atomic E-state index is 0.135. The van der Waals surface area contributed by atoms with Crippen molar-refractivity contribution < 1.29 is 4.74 Å². The van der Waals surface area contributed by atoms with Crippen LogP contribution in [0.1, 0.15) is 52.0 Å². The number of nitrogens with one attached hydrogen (secondary N) is 2. The fraction of sp³-hybridized carbons (Fsp3) is 0.615. The van der Waals surface area contributed by atoms with Gasteiger partial charge in [0.2, 0.25) is 5.95 Å². The third-order valence-electron chi connectivity index (χ3n) is 8.03. The van der Waals surface area contributed by atoms with Gasteiger partial charge in [0, 0.05) is 38.4 Å². The normalized spacial score (nSPS) is 20.9. The van der Waals surface area contributed by atoms with Gasteiger partial charge in [-0.3, -0.25) is 0 Å². The number of rotatable bonds is 4. The maximum absolute atomic E-state index is 5.50. The number of aromatic amines is 1. The Hall–Kier alpha value is -2.94. The van der Waals surface area contributed by atoms with E-state index in [0.717, 1.165) is 68.1 Å². The van der Waals surface area contributed by atoms with Crippen LogP contribution in [0.2, 0.25) is 0 Å². The number of morpholine rings is 1. The van der Waals surface area contributed by atoms with Crippen LogP contribution in [0.15, 0.2) is 24.7 Å². The number of anilines is 3. The van der Waals surface area contributed by atoms with Crippen LogP contribution in [0.25, 0.3) is 11.2 Å². The third-order valence-corrected chi connectivity index (χ3v) is 8.03. The number of nitrogens with zero attached hydrogens (tertiary/aromatic N) is 6. The number of pyridine rings is 1. The van der Waals surface area contributed by atoms with Crippen LogP contribution in [0, 0.1) is 5.41 Å². The molecule has 1 aliphatic carbocycles. The van der Waals surface area contributed by atoms with E-state index >= 15 is 0 Å². The predicted molar refractivity (Wildman–Crippen MR) is 138 cm³/mol. The zero-order chi connectivity index (χ0) is 24.0. The molecule has 35 heavy (non-hydrogen) atoms. The van der Waals surface area contributed by atoms with Crippen LogP contribution < -0.4 is 15.1 Å². The Bertz CT molecular complexity index is 1160. The summed E-state index contributed by atoms with van der Waals surface area (Å²) < 4.78 is 5.50. The minimum atomic E-state index is 0.135. The van der Waals surface area contributed by atoms with E-state index in [1.807, 2.05) is 6.20 Å². The average molecular weight is 477 g/mol. The second-order valence-corrected chi connectivity index (χ2v) is 11.5. The predicted octanol–water partition coefficient (Wildman–Crippen LogP) is 3.74. The second kappa shape index (κ2) is 8.62. The van der Waals surface area contributed by atoms with Crippen LogP contribution in [-0.4, -0.2) is 70.4 Å². The lowest BCUT2D eigenvalue weighted by molar-refractivity contribution is 0.0796. The van der Waals surface area contributed by atoms with Crippen molar-refractivity contribution in [1.29, 1.82) is 0 Å². The van der Waals surface area contributed by atoms with Crippen LogP contribution in [-0.2, 0) is 10.2 Å². The van der Waals surface area contributed by atoms with E-state index in [2.05, 4.69) is 68.0 Å². The Labute approximate surface area is 206 Å². The molecule has 0 unspecified atom stereocenters. The van der Waals surface area contributed by atoms with Crippen molar-refractivity contribution in [3.63, 3.8) is 0 Å². The number of hydrogen-bond acceptors (Lipinski definition) is 8. The molecule has 2 aliphatic heterocycles. The van der Waals surface area contributed by atoms with Gasteiger partial charge >= 0.3 is 0 Å². The summed E-state index contributed by atoms with van der Waals surface area (Å²) in [5.74, 6) is 2.85. The van der Waals surface area contributed by atoms with Crippen LogP contribution >= 0.6 is 0 Å². The molecule has 0 atom stereocenters. The van der Waals surface area contributed by atoms with Crippen molar-refractivity contribution in [2.24, 2.45) is 5.41 Å². The monoisotopic (exact) mass is 476 g/mol. The van der Waals surface area contributed by atoms with Crippen molar-refractivity contribution in [2.75, 3.05) is 54.5 Å². The Balaban J connectivity index is 1.06. The van der Waals surface area contributed by atoms with E-state index < -0.39 is 0 Å². The molecular formula is C26H36N8O. The molecule has 0 aromatic carbocycles. The van der Waals surface area contributed by atoms with Crippen LogP contribution in [0.4, 0.5) is 17.6 Å². The van der Waals surface area contributed by atoms with E-state index in [1.54, 1.807) is 6.33 Å². The number of piperidine rings is 1. The number of fused-ring (bicyclic) bond motifs is 1. The number of imidazole rings is 1. The molecule has 3 aliphatic rings. The van der Waals surface area contributed by atoms with Crippen molar-refractivity contribution in [3.05, 3.63) is 30.2 Å². The molecule has 6 rings (SSSR count). The molecule has 1 saturated carbocycles. The Morgan fingerprint density at radius 2 is 1.77 bits per heavy atom. The Kier molecular flexibility index (Phi) is 5.55. The molecule has 9 nitrogen and oxygen atoms in total. The quantitative estimate of drug-likeness (QED) is 0.588. The summed E-state index contributed by atoms with van der Waals surface area (Å²) in [7, 11) is 0. The number of aromatic nitrogens is 5. The summed E-state index contributed by atoms with van der Waals surface area (Å²) in [4.78, 5) is 26.6. The lowest BCUT2D eigenvalue weighted by atomic mass is 9.60. The summed E-state index contributed by atoms with van der Waals surface area (Å²) in [5.41, 5.74) is 3.53. The largest absolute Gasteiger partial charge is 0.378 e. The van der Waals surface area contributed by atoms with E-state index in [0.29, 0.717) is 11.5 Å². The summed E-state index contributed by atoms with van der Waals surface area (Å²) >= 11 is 0. The van der Waals surface area contributed by atoms with E-state index in [9.17, 15) is 0 Å². The van der Waals surface area contributed by atoms with Crippen molar-refractivity contribution in [2.45, 2.75) is 57.9 Å². The first-order chi connectivity index (χ1) is 16.9. The van der Waals surface area contributed by atoms with Gasteiger partial charge in [0.25, 0.3) is 0 Å². The van der Waals surface area contributed by atoms with Gasteiger partial charge in [-0.25, -0.2) is 15.0 Å². The topological polar surface area (TPSA) is 95.1 Å². The van der Waals surface area contributed by atoms with Gasteiger partial charge < -0.3 is 24.8 Å². The fourth-order valence-corrected chi connectivity index (χ4v) is 5.79. The fourth-order valence-electron chi connectivity index (χ4n) is 5.79. The van der Waals surface area contributed by atoms with Crippen molar-refractivity contribution >= 4 is 28.7 Å². The zero-order valence-corrected chi connectivity index (χ0v) is 21.0. The second-order valence-electron chi connectivity index (χ2n) is 11.5. The molecule has 3 aromatic heterocycles. The molecule has 2 saturated heterocycles. The summed E-state index contributed by atoms with van der Waals surface area (Å²) in [6.45, 7) is 11.9. The van der Waals surface area contributed by atoms with Crippen LogP contribution in [0.3, 0.4) is 0 Å². The highest BCUT2D eigenvalue weighted by Crippen LogP contribution is 2.50. The van der Waals surface area contributed by atoms with E-state index in [-0.39, 0.29) is 5.41 Å². The highest BCUT2D eigenvalue weighted by atomic mass is 16.5. The van der Waals surface area contributed by atoms with Gasteiger partial charge in [0.05, 0.1) is 13.2 Å². The first-order valence-corrected chi connectivity index (χ1v) is 12.9. The van der Waals surface area contributed by atoms with Crippen molar-refractivity contribution in [1.82, 2.24) is 24.9 Å². The molecule has 3 fully saturated rings. The first-order valence-electron chi connectivity index (χ1n) is 12.9. The standard InChI is InChI=1S/C26H36N8O/c1-25(2,3)18-4-5-20(27-16-18)30-19-14-26(15-19)6-8-34(9-7-26)24-31-21-22(32-24)28-17-29-23(21)33-10-12-35-13-11-33/h4-5,16-17,19H,6-15H2,1-3H3,(H,27,30)(H,28,29,31,32).